The van der Waals surface area contributed by atoms with Crippen molar-refractivity contribution >= 4 is 19.8 Å². The van der Waals surface area contributed by atoms with Gasteiger partial charge in [0.05, 0.1) is 14.3 Å². The molecule has 0 saturated carbocycles. The first-order valence-corrected chi connectivity index (χ1v) is 8.29. The van der Waals surface area contributed by atoms with Gasteiger partial charge in [-0.05, 0) is 5.38 Å². The van der Waals surface area contributed by atoms with Gasteiger partial charge in [0, 0.05) is 0 Å². The maximum atomic E-state index is 5.10. The van der Waals surface area contributed by atoms with E-state index in [-0.39, 0.29) is 0 Å². The first-order chi connectivity index (χ1) is 5.08. The summed E-state index contributed by atoms with van der Waals surface area (Å²) < 4.78 is 5.10. The second kappa shape index (κ2) is 3.45. The minimum absolute atomic E-state index is 0.799. The van der Waals surface area contributed by atoms with E-state index in [9.17, 15) is 0 Å². The largest absolute Gasteiger partial charge is 0.440 e. The van der Waals surface area contributed by atoms with Crippen molar-refractivity contribution in [3.8, 4) is 0 Å². The summed E-state index contributed by atoms with van der Waals surface area (Å²) in [6.07, 6.45) is 3.30. The molecule has 11 heavy (non-hydrogen) atoms. The molecule has 0 N–H and O–H groups in total. The van der Waals surface area contributed by atoms with Crippen LogP contribution in [0.1, 0.15) is 0 Å². The first kappa shape index (κ1) is 8.87. The van der Waals surface area contributed by atoms with Crippen LogP contribution in [0.15, 0.2) is 22.1 Å². The third kappa shape index (κ3) is 3.62. The lowest BCUT2D eigenvalue weighted by atomic mass is 11.0. The number of aromatic nitrogens is 1. The summed E-state index contributed by atoms with van der Waals surface area (Å²) in [7, 11) is -0.950. The predicted molar refractivity (Wildman–Crippen MR) is 50.6 cm³/mol. The van der Waals surface area contributed by atoms with Crippen molar-refractivity contribution < 1.29 is 4.42 Å². The van der Waals surface area contributed by atoms with Crippen LogP contribution in [0.2, 0.25) is 19.6 Å². The van der Waals surface area contributed by atoms with E-state index in [1.165, 1.54) is 5.38 Å². The lowest BCUT2D eigenvalue weighted by Crippen LogP contribution is -2.23. The van der Waals surface area contributed by atoms with E-state index in [1.54, 1.807) is 24.2 Å². The maximum Gasteiger partial charge on any atom is 0.255 e. The fourth-order valence-corrected chi connectivity index (χ4v) is 3.04. The van der Waals surface area contributed by atoms with Crippen LogP contribution in [-0.2, 0) is 0 Å². The van der Waals surface area contributed by atoms with Crippen LogP contribution >= 0.6 is 11.8 Å². The first-order valence-electron chi connectivity index (χ1n) is 3.60. The summed E-state index contributed by atoms with van der Waals surface area (Å²) in [4.78, 5) is 4.04. The van der Waals surface area contributed by atoms with Crippen LogP contribution in [-0.4, -0.2) is 18.4 Å². The molecule has 0 fully saturated rings. The van der Waals surface area contributed by atoms with Crippen LogP contribution < -0.4 is 0 Å². The summed E-state index contributed by atoms with van der Waals surface area (Å²) in [5.41, 5.74) is 0. The average Bonchev–Trinajstić information content (AvgIpc) is 2.32. The highest BCUT2D eigenvalue weighted by molar-refractivity contribution is 8.00. The molecule has 0 bridgehead atoms. The molecule has 62 valence electrons. The monoisotopic (exact) mass is 187 g/mol. The number of oxazole rings is 1. The normalized spacial score (nSPS) is 11.9. The zero-order valence-electron chi connectivity index (χ0n) is 7.13. The van der Waals surface area contributed by atoms with Crippen molar-refractivity contribution in [2.24, 2.45) is 0 Å². The molecule has 0 aliphatic rings. The van der Waals surface area contributed by atoms with Crippen LogP contribution in [0.4, 0.5) is 0 Å². The Hall–Kier alpha value is -0.223. The number of hydrogen-bond donors (Lipinski definition) is 0. The molecular weight excluding hydrogens is 174 g/mol. The molecule has 0 amide bonds. The smallest absolute Gasteiger partial charge is 0.255 e. The highest BCUT2D eigenvalue weighted by Gasteiger charge is 2.14. The number of rotatable bonds is 3. The Balaban J connectivity index is 2.35. The summed E-state index contributed by atoms with van der Waals surface area (Å²) in [5.74, 6) is 0. The van der Waals surface area contributed by atoms with Crippen LogP contribution in [0.25, 0.3) is 0 Å². The molecule has 1 aromatic heterocycles. The van der Waals surface area contributed by atoms with Gasteiger partial charge in [0.15, 0.2) is 0 Å². The molecule has 0 atom stereocenters. The van der Waals surface area contributed by atoms with Gasteiger partial charge in [0.2, 0.25) is 0 Å². The number of hydrogen-bond acceptors (Lipinski definition) is 3. The van der Waals surface area contributed by atoms with E-state index in [4.69, 9.17) is 4.42 Å². The molecular formula is C7H13NOSSi. The number of nitrogens with zero attached hydrogens (tertiary/aromatic N) is 1. The Kier molecular flexibility index (Phi) is 2.78. The average molecular weight is 187 g/mol. The third-order valence-electron chi connectivity index (χ3n) is 1.04. The van der Waals surface area contributed by atoms with Crippen LogP contribution in [0.5, 0.6) is 0 Å². The lowest BCUT2D eigenvalue weighted by molar-refractivity contribution is 0.454. The second-order valence-corrected chi connectivity index (χ2v) is 10.6. The van der Waals surface area contributed by atoms with Gasteiger partial charge in [-0.25, -0.2) is 4.98 Å². The molecule has 1 heterocycles. The van der Waals surface area contributed by atoms with E-state index in [2.05, 4.69) is 24.6 Å². The van der Waals surface area contributed by atoms with E-state index in [1.807, 2.05) is 0 Å². The van der Waals surface area contributed by atoms with Crippen LogP contribution in [0, 0.1) is 0 Å². The predicted octanol–water partition coefficient (Wildman–Crippen LogP) is 2.64. The van der Waals surface area contributed by atoms with Crippen molar-refractivity contribution in [3.05, 3.63) is 12.5 Å². The SMILES string of the molecule is C[Si](C)(C)CSc1ncco1. The highest BCUT2D eigenvalue weighted by Crippen LogP contribution is 2.19. The van der Waals surface area contributed by atoms with E-state index >= 15 is 0 Å². The number of thioether (sulfide) groups is 1. The van der Waals surface area contributed by atoms with E-state index < -0.39 is 8.07 Å². The molecule has 4 heteroatoms. The Labute approximate surface area is 72.4 Å². The third-order valence-corrected chi connectivity index (χ3v) is 5.53. The van der Waals surface area contributed by atoms with Gasteiger partial charge in [-0.3, -0.25) is 0 Å². The Morgan fingerprint density at radius 3 is 2.73 bits per heavy atom. The standard InChI is InChI=1S/C7H13NOSSi/c1-11(2,3)6-10-7-8-4-5-9-7/h4-5H,6H2,1-3H3. The zero-order valence-corrected chi connectivity index (χ0v) is 8.94. The molecule has 0 aliphatic carbocycles. The lowest BCUT2D eigenvalue weighted by Gasteiger charge is -2.12. The van der Waals surface area contributed by atoms with E-state index in [0.29, 0.717) is 0 Å². The van der Waals surface area contributed by atoms with Crippen molar-refractivity contribution in [1.29, 1.82) is 0 Å². The highest BCUT2D eigenvalue weighted by atomic mass is 32.2. The van der Waals surface area contributed by atoms with Crippen molar-refractivity contribution in [3.63, 3.8) is 0 Å². The molecule has 2 nitrogen and oxygen atoms in total. The van der Waals surface area contributed by atoms with Crippen LogP contribution in [0.3, 0.4) is 0 Å². The molecule has 0 spiro atoms. The van der Waals surface area contributed by atoms with Crippen molar-refractivity contribution in [1.82, 2.24) is 4.98 Å². The molecule has 0 aliphatic heterocycles. The second-order valence-electron chi connectivity index (χ2n) is 3.65. The quantitative estimate of drug-likeness (QED) is 0.537. The van der Waals surface area contributed by atoms with Gasteiger partial charge >= 0.3 is 0 Å². The van der Waals surface area contributed by atoms with Gasteiger partial charge in [-0.15, -0.1) is 0 Å². The Morgan fingerprint density at radius 2 is 2.27 bits per heavy atom. The molecule has 0 unspecified atom stereocenters. The summed E-state index contributed by atoms with van der Waals surface area (Å²) >= 11 is 1.72. The zero-order chi connectivity index (χ0) is 8.32. The topological polar surface area (TPSA) is 26.0 Å². The molecule has 0 saturated heterocycles. The maximum absolute atomic E-state index is 5.10. The van der Waals surface area contributed by atoms with Gasteiger partial charge in [0.25, 0.3) is 5.22 Å². The molecule has 0 radical (unpaired) electrons. The molecule has 1 rings (SSSR count). The minimum Gasteiger partial charge on any atom is -0.440 e. The van der Waals surface area contributed by atoms with Crippen molar-refractivity contribution in [2.75, 3.05) is 5.38 Å². The van der Waals surface area contributed by atoms with Gasteiger partial charge in [-0.2, -0.15) is 0 Å². The summed E-state index contributed by atoms with van der Waals surface area (Å²) in [6.45, 7) is 7.01. The fraction of sp³-hybridized carbons (Fsp3) is 0.571. The summed E-state index contributed by atoms with van der Waals surface area (Å²) in [6, 6.07) is 0. The molecule has 0 aromatic carbocycles. The van der Waals surface area contributed by atoms with Gasteiger partial charge in [-0.1, -0.05) is 31.4 Å². The Morgan fingerprint density at radius 1 is 1.55 bits per heavy atom. The minimum atomic E-state index is -0.950. The Bertz CT molecular complexity index is 205. The van der Waals surface area contributed by atoms with Crippen molar-refractivity contribution in [2.45, 2.75) is 24.9 Å². The van der Waals surface area contributed by atoms with Gasteiger partial charge < -0.3 is 4.42 Å². The fourth-order valence-electron chi connectivity index (χ4n) is 0.560. The summed E-state index contributed by atoms with van der Waals surface area (Å²) in [5, 5.41) is 1.97. The molecule has 1 aromatic rings. The van der Waals surface area contributed by atoms with Gasteiger partial charge in [0.1, 0.15) is 6.26 Å². The van der Waals surface area contributed by atoms with E-state index in [0.717, 1.165) is 5.22 Å².